The standard InChI is InChI=1S/C63H60N2/c1-59(2)52-38-42(44-28-32-56-54(40-44)61(4)34-16-18-36-63(61,6)65(56)46-21-11-8-12-22-46)26-30-50(52)57-48-24-14-13-23-47(48)51-37-41(25-29-49(51)58(57)59)43-27-31-55-53(39-43)60(3)33-15-17-35-62(60,5)64(55)45-19-9-7-10-20-45/h7-14,19-32,37-40H,15-18,33-36H2,1-6H3. The number of hydrogen-bond donors (Lipinski definition) is 0. The Kier molecular flexibility index (Phi) is 8.14. The molecule has 4 atom stereocenters. The van der Waals surface area contributed by atoms with Gasteiger partial charge in [-0.15, -0.1) is 0 Å². The van der Waals surface area contributed by atoms with Gasteiger partial charge in [-0.3, -0.25) is 0 Å². The summed E-state index contributed by atoms with van der Waals surface area (Å²) in [6.45, 7) is 15.1. The molecular weight excluding hydrogens is 785 g/mol. The molecule has 2 saturated carbocycles. The average molecular weight is 845 g/mol. The number of hydrogen-bond acceptors (Lipinski definition) is 2. The molecule has 3 aliphatic carbocycles. The second-order valence-electron chi connectivity index (χ2n) is 21.9. The zero-order chi connectivity index (χ0) is 44.1. The maximum absolute atomic E-state index is 2.69. The first-order valence-electron chi connectivity index (χ1n) is 24.6. The zero-order valence-corrected chi connectivity index (χ0v) is 39.1. The minimum Gasteiger partial charge on any atom is -0.334 e. The second kappa shape index (κ2) is 13.5. The van der Waals surface area contributed by atoms with Gasteiger partial charge in [-0.25, -0.2) is 0 Å². The SMILES string of the molecule is CC1(C)c2cc(-c3ccc4c(c3)C3(C)CCCCC3(C)N4c3ccccc3)ccc2-c2c1c1ccc(-c3ccc4c(c3)C3(C)CCCCC3(C)N4c3ccccc3)cc1c1ccccc21. The predicted octanol–water partition coefficient (Wildman–Crippen LogP) is 17.1. The first kappa shape index (κ1) is 39.3. The van der Waals surface area contributed by atoms with Gasteiger partial charge in [0.1, 0.15) is 0 Å². The van der Waals surface area contributed by atoms with Crippen molar-refractivity contribution in [3.63, 3.8) is 0 Å². The Balaban J connectivity index is 0.924. The molecule has 8 aromatic rings. The maximum Gasteiger partial charge on any atom is 0.0517 e. The Labute approximate surface area is 386 Å². The Morgan fingerprint density at radius 3 is 1.37 bits per heavy atom. The molecule has 2 nitrogen and oxygen atoms in total. The predicted molar refractivity (Wildman–Crippen MR) is 276 cm³/mol. The van der Waals surface area contributed by atoms with Crippen LogP contribution in [0.15, 0.2) is 158 Å². The highest BCUT2D eigenvalue weighted by molar-refractivity contribution is 6.19. The third kappa shape index (κ3) is 5.07. The molecule has 2 fully saturated rings. The van der Waals surface area contributed by atoms with Crippen molar-refractivity contribution >= 4 is 44.3 Å². The fourth-order valence-corrected chi connectivity index (χ4v) is 14.7. The monoisotopic (exact) mass is 844 g/mol. The lowest BCUT2D eigenvalue weighted by molar-refractivity contribution is 0.195. The van der Waals surface area contributed by atoms with Gasteiger partial charge >= 0.3 is 0 Å². The van der Waals surface area contributed by atoms with Crippen LogP contribution < -0.4 is 9.80 Å². The number of para-hydroxylation sites is 2. The smallest absolute Gasteiger partial charge is 0.0517 e. The van der Waals surface area contributed by atoms with Gasteiger partial charge in [-0.1, -0.05) is 150 Å². The van der Waals surface area contributed by atoms with Gasteiger partial charge < -0.3 is 9.80 Å². The highest BCUT2D eigenvalue weighted by Crippen LogP contribution is 2.63. The molecule has 0 amide bonds. The summed E-state index contributed by atoms with van der Waals surface area (Å²) in [5, 5.41) is 5.41. The van der Waals surface area contributed by atoms with Crippen LogP contribution in [0.3, 0.4) is 0 Å². The summed E-state index contributed by atoms with van der Waals surface area (Å²) in [6.07, 6.45) is 9.97. The van der Waals surface area contributed by atoms with Gasteiger partial charge in [-0.2, -0.15) is 0 Å². The van der Waals surface area contributed by atoms with Gasteiger partial charge in [0.15, 0.2) is 0 Å². The Hall–Kier alpha value is -6.12. The van der Waals surface area contributed by atoms with Crippen LogP contribution in [0.4, 0.5) is 22.7 Å². The van der Waals surface area contributed by atoms with E-state index in [0.717, 1.165) is 0 Å². The van der Waals surface area contributed by atoms with Gasteiger partial charge in [0.25, 0.3) is 0 Å². The summed E-state index contributed by atoms with van der Waals surface area (Å²) in [5.74, 6) is 0. The first-order valence-corrected chi connectivity index (χ1v) is 24.6. The molecule has 2 aliphatic heterocycles. The van der Waals surface area contributed by atoms with Gasteiger partial charge in [-0.05, 0) is 177 Å². The van der Waals surface area contributed by atoms with Crippen LogP contribution in [0.2, 0.25) is 0 Å². The van der Waals surface area contributed by atoms with E-state index in [9.17, 15) is 0 Å². The molecule has 0 bridgehead atoms. The van der Waals surface area contributed by atoms with Crippen molar-refractivity contribution in [2.45, 2.75) is 120 Å². The van der Waals surface area contributed by atoms with Crippen LogP contribution in [-0.4, -0.2) is 11.1 Å². The van der Waals surface area contributed by atoms with E-state index < -0.39 is 0 Å². The molecule has 0 saturated heterocycles. The molecule has 2 heteroatoms. The van der Waals surface area contributed by atoms with E-state index >= 15 is 0 Å². The van der Waals surface area contributed by atoms with E-state index in [1.165, 1.54) is 151 Å². The Morgan fingerprint density at radius 1 is 0.369 bits per heavy atom. The lowest BCUT2D eigenvalue weighted by Crippen LogP contribution is -2.54. The van der Waals surface area contributed by atoms with Crippen LogP contribution >= 0.6 is 0 Å². The van der Waals surface area contributed by atoms with Crippen molar-refractivity contribution in [3.05, 3.63) is 180 Å². The van der Waals surface area contributed by atoms with Crippen LogP contribution in [0, 0.1) is 0 Å². The summed E-state index contributed by atoms with van der Waals surface area (Å²) < 4.78 is 0. The topological polar surface area (TPSA) is 6.48 Å². The molecule has 322 valence electrons. The minimum absolute atomic E-state index is 0.0349. The van der Waals surface area contributed by atoms with Crippen LogP contribution in [0.1, 0.15) is 115 Å². The van der Waals surface area contributed by atoms with Gasteiger partial charge in [0.2, 0.25) is 0 Å². The molecular formula is C63H60N2. The van der Waals surface area contributed by atoms with Crippen molar-refractivity contribution in [3.8, 4) is 33.4 Å². The quantitative estimate of drug-likeness (QED) is 0.163. The van der Waals surface area contributed by atoms with Crippen molar-refractivity contribution in [2.24, 2.45) is 0 Å². The van der Waals surface area contributed by atoms with Gasteiger partial charge in [0.05, 0.1) is 11.1 Å². The zero-order valence-electron chi connectivity index (χ0n) is 39.1. The number of benzene rings is 8. The molecule has 65 heavy (non-hydrogen) atoms. The molecule has 0 spiro atoms. The number of fused-ring (bicyclic) bond motifs is 14. The molecule has 0 N–H and O–H groups in total. The molecule has 2 heterocycles. The van der Waals surface area contributed by atoms with E-state index in [1.807, 2.05) is 0 Å². The van der Waals surface area contributed by atoms with Crippen LogP contribution in [-0.2, 0) is 16.2 Å². The normalized spacial score (nSPS) is 25.8. The highest BCUT2D eigenvalue weighted by atomic mass is 15.3. The minimum atomic E-state index is -0.187. The molecule has 4 unspecified atom stereocenters. The summed E-state index contributed by atoms with van der Waals surface area (Å²) in [6, 6.07) is 61.0. The highest BCUT2D eigenvalue weighted by Gasteiger charge is 2.59. The van der Waals surface area contributed by atoms with Crippen molar-refractivity contribution in [1.29, 1.82) is 0 Å². The second-order valence-corrected chi connectivity index (χ2v) is 21.9. The van der Waals surface area contributed by atoms with E-state index in [0.29, 0.717) is 0 Å². The average Bonchev–Trinajstić information content (AvgIpc) is 3.80. The molecule has 5 aliphatic rings. The Bertz CT molecular complexity index is 3270. The first-order chi connectivity index (χ1) is 31.5. The number of rotatable bonds is 4. The molecule has 13 rings (SSSR count). The molecule has 0 radical (unpaired) electrons. The fourth-order valence-electron chi connectivity index (χ4n) is 14.7. The van der Waals surface area contributed by atoms with E-state index in [4.69, 9.17) is 0 Å². The van der Waals surface area contributed by atoms with Crippen molar-refractivity contribution in [2.75, 3.05) is 9.80 Å². The fraction of sp³-hybridized carbons (Fsp3) is 0.302. The van der Waals surface area contributed by atoms with Crippen molar-refractivity contribution < 1.29 is 0 Å². The lowest BCUT2D eigenvalue weighted by Gasteiger charge is -2.50. The van der Waals surface area contributed by atoms with E-state index in [2.05, 4.69) is 209 Å². The van der Waals surface area contributed by atoms with Crippen molar-refractivity contribution in [1.82, 2.24) is 0 Å². The van der Waals surface area contributed by atoms with Crippen LogP contribution in [0.25, 0.3) is 54.9 Å². The third-order valence-electron chi connectivity index (χ3n) is 18.5. The van der Waals surface area contributed by atoms with Gasteiger partial charge in [0, 0.05) is 39.0 Å². The Morgan fingerprint density at radius 2 is 0.815 bits per heavy atom. The maximum atomic E-state index is 2.69. The van der Waals surface area contributed by atoms with E-state index in [1.54, 1.807) is 0 Å². The summed E-state index contributed by atoms with van der Waals surface area (Å²) in [7, 11) is 0. The summed E-state index contributed by atoms with van der Waals surface area (Å²) in [5.41, 5.74) is 19.4. The summed E-state index contributed by atoms with van der Waals surface area (Å²) >= 11 is 0. The molecule has 8 aromatic carbocycles. The third-order valence-corrected chi connectivity index (χ3v) is 18.5. The lowest BCUT2D eigenvalue weighted by atomic mass is 9.61. The molecule has 0 aromatic heterocycles. The number of nitrogens with zero attached hydrogens (tertiary/aromatic N) is 2. The van der Waals surface area contributed by atoms with Crippen LogP contribution in [0.5, 0.6) is 0 Å². The van der Waals surface area contributed by atoms with E-state index in [-0.39, 0.29) is 27.3 Å². The number of anilines is 4. The summed E-state index contributed by atoms with van der Waals surface area (Å²) in [4.78, 5) is 5.37. The largest absolute Gasteiger partial charge is 0.334 e.